The summed E-state index contributed by atoms with van der Waals surface area (Å²) in [6, 6.07) is 10.8. The van der Waals surface area contributed by atoms with Gasteiger partial charge in [-0.3, -0.25) is 4.79 Å². The summed E-state index contributed by atoms with van der Waals surface area (Å²) in [5, 5.41) is 4.37. The Hall–Kier alpha value is -3.06. The Balaban J connectivity index is 1.64. The Kier molecular flexibility index (Phi) is 6.42. The van der Waals surface area contributed by atoms with E-state index in [1.165, 1.54) is 0 Å². The molecule has 4 rings (SSSR count). The van der Waals surface area contributed by atoms with E-state index in [0.717, 1.165) is 24.8 Å². The van der Waals surface area contributed by atoms with Gasteiger partial charge in [-0.1, -0.05) is 32.0 Å². The van der Waals surface area contributed by atoms with E-state index in [9.17, 15) is 9.59 Å². The zero-order valence-electron chi connectivity index (χ0n) is 18.0. The van der Waals surface area contributed by atoms with Crippen LogP contribution in [0.1, 0.15) is 32.4 Å². The molecule has 1 saturated heterocycles. The summed E-state index contributed by atoms with van der Waals surface area (Å²) < 4.78 is 12.9. The van der Waals surface area contributed by atoms with E-state index in [-0.39, 0.29) is 17.7 Å². The molecule has 164 valence electrons. The molecule has 2 amide bonds. The van der Waals surface area contributed by atoms with Gasteiger partial charge in [0.25, 0.3) is 5.56 Å². The lowest BCUT2D eigenvalue weighted by atomic mass is 10.1. The van der Waals surface area contributed by atoms with E-state index in [1.54, 1.807) is 28.0 Å². The van der Waals surface area contributed by atoms with Crippen LogP contribution in [-0.2, 0) is 17.8 Å². The number of aromatic nitrogens is 1. The first-order valence-electron chi connectivity index (χ1n) is 10.8. The van der Waals surface area contributed by atoms with Crippen LogP contribution >= 0.6 is 0 Å². The predicted molar refractivity (Wildman–Crippen MR) is 120 cm³/mol. The highest BCUT2D eigenvalue weighted by Crippen LogP contribution is 2.22. The van der Waals surface area contributed by atoms with Gasteiger partial charge < -0.3 is 23.9 Å². The molecule has 0 radical (unpaired) electrons. The molecule has 3 aromatic rings. The summed E-state index contributed by atoms with van der Waals surface area (Å²) in [5.74, 6) is 1.01. The highest BCUT2D eigenvalue weighted by Gasteiger charge is 2.24. The zero-order valence-corrected chi connectivity index (χ0v) is 18.0. The van der Waals surface area contributed by atoms with E-state index >= 15 is 0 Å². The van der Waals surface area contributed by atoms with Crippen LogP contribution in [0.25, 0.3) is 10.8 Å². The number of pyridine rings is 1. The maximum absolute atomic E-state index is 13.3. The average molecular weight is 424 g/mol. The highest BCUT2D eigenvalue weighted by atomic mass is 16.5. The van der Waals surface area contributed by atoms with E-state index in [1.807, 2.05) is 30.3 Å². The van der Waals surface area contributed by atoms with Gasteiger partial charge in [-0.05, 0) is 37.0 Å². The SMILES string of the molecule is CC(C)Cn1cc(NC(=O)N(Cc2ccco2)CC2CCCO2)c2ccccc2c1=O. The van der Waals surface area contributed by atoms with Gasteiger partial charge in [-0.15, -0.1) is 0 Å². The van der Waals surface area contributed by atoms with Gasteiger partial charge in [0.1, 0.15) is 5.76 Å². The van der Waals surface area contributed by atoms with Crippen LogP contribution in [0, 0.1) is 5.92 Å². The minimum atomic E-state index is -0.244. The standard InChI is InChI=1S/C24H29N3O4/c1-17(2)13-26-16-22(20-9-3-4-10-21(20)23(26)28)25-24(29)27(14-18-7-5-11-30-18)15-19-8-6-12-31-19/h3-5,7,9-11,16-17,19H,6,8,12-15H2,1-2H3,(H,25,29). The Labute approximate surface area is 181 Å². The molecule has 7 heteroatoms. The lowest BCUT2D eigenvalue weighted by Gasteiger charge is -2.25. The van der Waals surface area contributed by atoms with Crippen molar-refractivity contribution >= 4 is 22.5 Å². The molecule has 0 aliphatic carbocycles. The van der Waals surface area contributed by atoms with Gasteiger partial charge in [0.2, 0.25) is 0 Å². The van der Waals surface area contributed by atoms with E-state index in [2.05, 4.69) is 19.2 Å². The summed E-state index contributed by atoms with van der Waals surface area (Å²) in [6.07, 6.45) is 5.31. The Bertz CT molecular complexity index is 1080. The minimum absolute atomic E-state index is 0.0207. The Morgan fingerprint density at radius 3 is 2.71 bits per heavy atom. The summed E-state index contributed by atoms with van der Waals surface area (Å²) in [5.41, 5.74) is 0.576. The molecule has 1 N–H and O–H groups in total. The van der Waals surface area contributed by atoms with Crippen LogP contribution in [0.2, 0.25) is 0 Å². The van der Waals surface area contributed by atoms with Crippen molar-refractivity contribution in [2.24, 2.45) is 5.92 Å². The van der Waals surface area contributed by atoms with Crippen molar-refractivity contribution in [2.45, 2.75) is 45.9 Å². The van der Waals surface area contributed by atoms with E-state index in [0.29, 0.717) is 42.4 Å². The second kappa shape index (κ2) is 9.39. The molecule has 7 nitrogen and oxygen atoms in total. The van der Waals surface area contributed by atoms with Crippen molar-refractivity contribution < 1.29 is 13.9 Å². The highest BCUT2D eigenvalue weighted by molar-refractivity contribution is 6.00. The van der Waals surface area contributed by atoms with Crippen LogP contribution in [0.5, 0.6) is 0 Å². The summed E-state index contributed by atoms with van der Waals surface area (Å²) >= 11 is 0. The van der Waals surface area contributed by atoms with Crippen LogP contribution in [0.4, 0.5) is 10.5 Å². The third kappa shape index (κ3) is 4.99. The monoisotopic (exact) mass is 423 g/mol. The number of anilines is 1. The van der Waals surface area contributed by atoms with Crippen LogP contribution in [0.3, 0.4) is 0 Å². The molecule has 2 aromatic heterocycles. The van der Waals surface area contributed by atoms with E-state index in [4.69, 9.17) is 9.15 Å². The van der Waals surface area contributed by atoms with Gasteiger partial charge >= 0.3 is 6.03 Å². The number of nitrogens with zero attached hydrogens (tertiary/aromatic N) is 2. The number of hydrogen-bond acceptors (Lipinski definition) is 4. The Morgan fingerprint density at radius 2 is 2.03 bits per heavy atom. The molecule has 0 spiro atoms. The summed E-state index contributed by atoms with van der Waals surface area (Å²) in [4.78, 5) is 27.9. The second-order valence-corrected chi connectivity index (χ2v) is 8.46. The molecule has 1 aliphatic heterocycles. The normalized spacial score (nSPS) is 16.2. The zero-order chi connectivity index (χ0) is 21.8. The van der Waals surface area contributed by atoms with Crippen molar-refractivity contribution in [3.8, 4) is 0 Å². The van der Waals surface area contributed by atoms with Crippen LogP contribution in [0.15, 0.2) is 58.1 Å². The van der Waals surface area contributed by atoms with Crippen molar-refractivity contribution in [3.05, 3.63) is 65.0 Å². The van der Waals surface area contributed by atoms with Crippen LogP contribution < -0.4 is 10.9 Å². The molecule has 0 saturated carbocycles. The smallest absolute Gasteiger partial charge is 0.322 e. The molecule has 1 atom stereocenters. The van der Waals surface area contributed by atoms with E-state index < -0.39 is 0 Å². The summed E-state index contributed by atoms with van der Waals surface area (Å²) in [6.45, 7) is 6.27. The number of rotatable bonds is 7. The van der Waals surface area contributed by atoms with Crippen molar-refractivity contribution in [2.75, 3.05) is 18.5 Å². The quantitative estimate of drug-likeness (QED) is 0.609. The fourth-order valence-electron chi connectivity index (χ4n) is 4.01. The molecule has 31 heavy (non-hydrogen) atoms. The van der Waals surface area contributed by atoms with Crippen LogP contribution in [-0.4, -0.2) is 34.8 Å². The predicted octanol–water partition coefficient (Wildman–Crippen LogP) is 4.46. The lowest BCUT2D eigenvalue weighted by molar-refractivity contribution is 0.0803. The molecule has 1 fully saturated rings. The first-order chi connectivity index (χ1) is 15.0. The van der Waals surface area contributed by atoms with Gasteiger partial charge in [-0.2, -0.15) is 0 Å². The average Bonchev–Trinajstić information content (AvgIpc) is 3.45. The number of carbonyl (C=O) groups excluding carboxylic acids is 1. The van der Waals surface area contributed by atoms with Crippen molar-refractivity contribution in [1.82, 2.24) is 9.47 Å². The number of urea groups is 1. The number of ether oxygens (including phenoxy) is 1. The molecular formula is C24H29N3O4. The third-order valence-corrected chi connectivity index (χ3v) is 5.46. The Morgan fingerprint density at radius 1 is 1.23 bits per heavy atom. The molecule has 3 heterocycles. The van der Waals surface area contributed by atoms with Crippen molar-refractivity contribution in [1.29, 1.82) is 0 Å². The number of amides is 2. The first kappa shape index (κ1) is 21.2. The first-order valence-corrected chi connectivity index (χ1v) is 10.8. The molecule has 1 aliphatic rings. The van der Waals surface area contributed by atoms with Gasteiger partial charge in [0.05, 0.1) is 24.6 Å². The largest absolute Gasteiger partial charge is 0.467 e. The number of benzene rings is 1. The fraction of sp³-hybridized carbons (Fsp3) is 0.417. The van der Waals surface area contributed by atoms with Gasteiger partial charge in [0, 0.05) is 36.7 Å². The topological polar surface area (TPSA) is 76.7 Å². The number of furan rings is 1. The number of nitrogens with one attached hydrogen (secondary N) is 1. The maximum atomic E-state index is 13.3. The third-order valence-electron chi connectivity index (χ3n) is 5.46. The maximum Gasteiger partial charge on any atom is 0.322 e. The molecule has 1 aromatic carbocycles. The van der Waals surface area contributed by atoms with Gasteiger partial charge in [-0.25, -0.2) is 4.79 Å². The van der Waals surface area contributed by atoms with Gasteiger partial charge in [0.15, 0.2) is 0 Å². The number of hydrogen-bond donors (Lipinski definition) is 1. The molecule has 0 bridgehead atoms. The lowest BCUT2D eigenvalue weighted by Crippen LogP contribution is -2.40. The second-order valence-electron chi connectivity index (χ2n) is 8.46. The molecule has 1 unspecified atom stereocenters. The summed E-state index contributed by atoms with van der Waals surface area (Å²) in [7, 11) is 0. The fourth-order valence-corrected chi connectivity index (χ4v) is 4.01. The number of carbonyl (C=O) groups is 1. The minimum Gasteiger partial charge on any atom is -0.467 e. The van der Waals surface area contributed by atoms with Crippen molar-refractivity contribution in [3.63, 3.8) is 0 Å². The number of fused-ring (bicyclic) bond motifs is 1. The molecular weight excluding hydrogens is 394 g/mol.